The lowest BCUT2D eigenvalue weighted by Gasteiger charge is -2.28. The summed E-state index contributed by atoms with van der Waals surface area (Å²) in [5.41, 5.74) is 2.63. The number of aliphatic hydroxyl groups is 1. The van der Waals surface area contributed by atoms with Gasteiger partial charge in [-0.15, -0.1) is 0 Å². The second-order valence-electron chi connectivity index (χ2n) is 6.12. The third kappa shape index (κ3) is 4.51. The molecule has 1 aromatic rings. The van der Waals surface area contributed by atoms with Crippen molar-refractivity contribution < 1.29 is 9.84 Å². The van der Waals surface area contributed by atoms with Crippen LogP contribution in [0.25, 0.3) is 0 Å². The van der Waals surface area contributed by atoms with Gasteiger partial charge in [0.25, 0.3) is 0 Å². The Balaban J connectivity index is 1.93. The SMILES string of the molecule is CC(C)(C)SCC(O)CC1OCCc2ccccc21. The Kier molecular flexibility index (Phi) is 4.93. The van der Waals surface area contributed by atoms with Crippen LogP contribution < -0.4 is 0 Å². The highest BCUT2D eigenvalue weighted by Crippen LogP contribution is 2.32. The van der Waals surface area contributed by atoms with E-state index < -0.39 is 0 Å². The molecular weight excluding hydrogens is 256 g/mol. The first-order valence-corrected chi connectivity index (χ1v) is 7.96. The lowest BCUT2D eigenvalue weighted by atomic mass is 9.94. The molecule has 0 radical (unpaired) electrons. The van der Waals surface area contributed by atoms with Gasteiger partial charge >= 0.3 is 0 Å². The van der Waals surface area contributed by atoms with Gasteiger partial charge in [-0.25, -0.2) is 0 Å². The van der Waals surface area contributed by atoms with Crippen LogP contribution in [0.4, 0.5) is 0 Å². The van der Waals surface area contributed by atoms with E-state index >= 15 is 0 Å². The zero-order valence-electron chi connectivity index (χ0n) is 12.1. The van der Waals surface area contributed by atoms with E-state index in [4.69, 9.17) is 4.74 Å². The third-order valence-corrected chi connectivity index (χ3v) is 4.70. The van der Waals surface area contributed by atoms with E-state index in [0.29, 0.717) is 6.42 Å². The lowest BCUT2D eigenvalue weighted by molar-refractivity contribution is 0.00942. The van der Waals surface area contributed by atoms with Gasteiger partial charge in [-0.3, -0.25) is 0 Å². The number of thioether (sulfide) groups is 1. The molecule has 1 aromatic carbocycles. The van der Waals surface area contributed by atoms with Crippen molar-refractivity contribution in [2.45, 2.75) is 50.6 Å². The average Bonchev–Trinajstić information content (AvgIpc) is 2.36. The number of benzene rings is 1. The van der Waals surface area contributed by atoms with Crippen molar-refractivity contribution >= 4 is 11.8 Å². The van der Waals surface area contributed by atoms with Gasteiger partial charge in [0.1, 0.15) is 0 Å². The Morgan fingerprint density at radius 3 is 2.84 bits per heavy atom. The summed E-state index contributed by atoms with van der Waals surface area (Å²) in [5, 5.41) is 10.2. The molecule has 0 saturated heterocycles. The minimum Gasteiger partial charge on any atom is -0.392 e. The first kappa shape index (κ1) is 14.9. The maximum atomic E-state index is 10.2. The molecule has 1 N–H and O–H groups in total. The summed E-state index contributed by atoms with van der Waals surface area (Å²) in [6.45, 7) is 7.30. The number of rotatable bonds is 4. The predicted octanol–water partition coefficient (Wildman–Crippen LogP) is 3.58. The second-order valence-corrected chi connectivity index (χ2v) is 7.97. The summed E-state index contributed by atoms with van der Waals surface area (Å²) in [5.74, 6) is 0.769. The summed E-state index contributed by atoms with van der Waals surface area (Å²) in [4.78, 5) is 0. The molecule has 19 heavy (non-hydrogen) atoms. The maximum absolute atomic E-state index is 10.2. The lowest BCUT2D eigenvalue weighted by Crippen LogP contribution is -2.23. The molecule has 2 atom stereocenters. The average molecular weight is 280 g/mol. The molecule has 3 heteroatoms. The standard InChI is InChI=1S/C16H24O2S/c1-16(2,3)19-11-13(17)10-15-14-7-5-4-6-12(14)8-9-18-15/h4-7,13,15,17H,8-11H2,1-3H3. The minimum atomic E-state index is -0.305. The van der Waals surface area contributed by atoms with Crippen molar-refractivity contribution in [3.63, 3.8) is 0 Å². The second kappa shape index (κ2) is 6.29. The van der Waals surface area contributed by atoms with E-state index in [2.05, 4.69) is 45.0 Å². The van der Waals surface area contributed by atoms with Crippen molar-refractivity contribution in [1.82, 2.24) is 0 Å². The Morgan fingerprint density at radius 2 is 2.11 bits per heavy atom. The molecule has 0 aliphatic carbocycles. The van der Waals surface area contributed by atoms with E-state index in [1.165, 1.54) is 11.1 Å². The highest BCUT2D eigenvalue weighted by Gasteiger charge is 2.24. The zero-order valence-corrected chi connectivity index (χ0v) is 12.9. The molecule has 0 bridgehead atoms. The molecule has 1 aliphatic rings. The molecule has 1 aliphatic heterocycles. The Hall–Kier alpha value is -0.510. The fourth-order valence-electron chi connectivity index (χ4n) is 2.33. The number of hydrogen-bond acceptors (Lipinski definition) is 3. The molecule has 1 heterocycles. The van der Waals surface area contributed by atoms with Crippen LogP contribution in [0, 0.1) is 0 Å². The van der Waals surface area contributed by atoms with Crippen molar-refractivity contribution in [3.8, 4) is 0 Å². The summed E-state index contributed by atoms with van der Waals surface area (Å²) in [6.07, 6.45) is 1.43. The maximum Gasteiger partial charge on any atom is 0.0852 e. The molecular formula is C16H24O2S. The molecule has 0 saturated carbocycles. The summed E-state index contributed by atoms with van der Waals surface area (Å²) in [6, 6.07) is 8.42. The number of hydrogen-bond donors (Lipinski definition) is 1. The van der Waals surface area contributed by atoms with Gasteiger partial charge in [0.2, 0.25) is 0 Å². The first-order valence-electron chi connectivity index (χ1n) is 6.97. The summed E-state index contributed by atoms with van der Waals surface area (Å²) < 4.78 is 6.04. The van der Waals surface area contributed by atoms with Gasteiger partial charge in [0.05, 0.1) is 18.8 Å². The van der Waals surface area contributed by atoms with Crippen molar-refractivity contribution in [2.75, 3.05) is 12.4 Å². The smallest absolute Gasteiger partial charge is 0.0852 e. The van der Waals surface area contributed by atoms with Crippen molar-refractivity contribution in [3.05, 3.63) is 35.4 Å². The number of ether oxygens (including phenoxy) is 1. The zero-order chi connectivity index (χ0) is 13.9. The van der Waals surface area contributed by atoms with Crippen LogP contribution >= 0.6 is 11.8 Å². The van der Waals surface area contributed by atoms with Gasteiger partial charge in [0, 0.05) is 16.9 Å². The fraction of sp³-hybridized carbons (Fsp3) is 0.625. The van der Waals surface area contributed by atoms with E-state index in [-0.39, 0.29) is 17.0 Å². The molecule has 0 spiro atoms. The predicted molar refractivity (Wildman–Crippen MR) is 81.7 cm³/mol. The van der Waals surface area contributed by atoms with Gasteiger partial charge in [-0.2, -0.15) is 11.8 Å². The van der Waals surface area contributed by atoms with Crippen molar-refractivity contribution in [1.29, 1.82) is 0 Å². The third-order valence-electron chi connectivity index (χ3n) is 3.29. The summed E-state index contributed by atoms with van der Waals surface area (Å²) in [7, 11) is 0. The quantitative estimate of drug-likeness (QED) is 0.914. The van der Waals surface area contributed by atoms with Gasteiger partial charge in [-0.05, 0) is 17.5 Å². The van der Waals surface area contributed by atoms with E-state index in [0.717, 1.165) is 18.8 Å². The number of aliphatic hydroxyl groups excluding tert-OH is 1. The highest BCUT2D eigenvalue weighted by molar-refractivity contribution is 8.00. The van der Waals surface area contributed by atoms with E-state index in [1.807, 2.05) is 0 Å². The fourth-order valence-corrected chi connectivity index (χ4v) is 3.16. The molecule has 0 fully saturated rings. The first-order chi connectivity index (χ1) is 8.96. The Labute approximate surface area is 120 Å². The number of fused-ring (bicyclic) bond motifs is 1. The monoisotopic (exact) mass is 280 g/mol. The van der Waals surface area contributed by atoms with Crippen LogP contribution in [0.5, 0.6) is 0 Å². The van der Waals surface area contributed by atoms with Crippen LogP contribution in [0.3, 0.4) is 0 Å². The van der Waals surface area contributed by atoms with E-state index in [1.54, 1.807) is 11.8 Å². The van der Waals surface area contributed by atoms with E-state index in [9.17, 15) is 5.11 Å². The van der Waals surface area contributed by atoms with Crippen LogP contribution in [0.1, 0.15) is 44.4 Å². The van der Waals surface area contributed by atoms with Crippen molar-refractivity contribution in [2.24, 2.45) is 0 Å². The van der Waals surface area contributed by atoms with Gasteiger partial charge < -0.3 is 9.84 Å². The molecule has 2 nitrogen and oxygen atoms in total. The molecule has 0 aromatic heterocycles. The minimum absolute atomic E-state index is 0.0560. The molecule has 106 valence electrons. The largest absolute Gasteiger partial charge is 0.392 e. The highest BCUT2D eigenvalue weighted by atomic mass is 32.2. The normalized spacial score (nSPS) is 20.9. The molecule has 0 amide bonds. The van der Waals surface area contributed by atoms with Crippen LogP contribution in [0.15, 0.2) is 24.3 Å². The molecule has 2 unspecified atom stereocenters. The Morgan fingerprint density at radius 1 is 1.37 bits per heavy atom. The van der Waals surface area contributed by atoms with Gasteiger partial charge in [-0.1, -0.05) is 45.0 Å². The molecule has 2 rings (SSSR count). The van der Waals surface area contributed by atoms with Crippen LogP contribution in [0.2, 0.25) is 0 Å². The summed E-state index contributed by atoms with van der Waals surface area (Å²) >= 11 is 1.81. The van der Waals surface area contributed by atoms with Crippen LogP contribution in [-0.4, -0.2) is 28.3 Å². The van der Waals surface area contributed by atoms with Gasteiger partial charge in [0.15, 0.2) is 0 Å². The Bertz CT molecular complexity index is 411. The topological polar surface area (TPSA) is 29.5 Å². The van der Waals surface area contributed by atoms with Crippen LogP contribution in [-0.2, 0) is 11.2 Å².